The second kappa shape index (κ2) is 11.1. The van der Waals surface area contributed by atoms with E-state index in [1.165, 1.54) is 5.56 Å². The Balaban J connectivity index is 1.41. The Labute approximate surface area is 227 Å². The molecule has 8 heteroatoms. The summed E-state index contributed by atoms with van der Waals surface area (Å²) < 4.78 is 5.49. The van der Waals surface area contributed by atoms with E-state index >= 15 is 0 Å². The number of hydrazone groups is 1. The second-order valence-electron chi connectivity index (χ2n) is 9.99. The molecule has 1 amide bonds. The van der Waals surface area contributed by atoms with Gasteiger partial charge in [0.2, 0.25) is 5.91 Å². The molecule has 3 aliphatic rings. The van der Waals surface area contributed by atoms with E-state index in [0.717, 1.165) is 49.0 Å². The normalized spacial score (nSPS) is 19.8. The first-order valence-corrected chi connectivity index (χ1v) is 13.7. The Morgan fingerprint density at radius 3 is 2.58 bits per heavy atom. The van der Waals surface area contributed by atoms with Crippen molar-refractivity contribution >= 4 is 40.3 Å². The number of carbonyl (C=O) groups excluding carboxylic acids is 1. The van der Waals surface area contributed by atoms with Crippen LogP contribution in [0.2, 0.25) is 5.02 Å². The molecule has 1 fully saturated rings. The molecule has 1 atom stereocenters. The molecule has 7 nitrogen and oxygen atoms in total. The molecule has 1 aromatic heterocycles. The fraction of sp³-hybridized carbons (Fsp3) is 0.333. The molecule has 38 heavy (non-hydrogen) atoms. The van der Waals surface area contributed by atoms with Crippen molar-refractivity contribution in [1.29, 1.82) is 0 Å². The number of rotatable bonds is 6. The Kier molecular flexibility index (Phi) is 7.20. The van der Waals surface area contributed by atoms with E-state index in [-0.39, 0.29) is 17.7 Å². The first-order valence-electron chi connectivity index (χ1n) is 13.3. The van der Waals surface area contributed by atoms with Crippen LogP contribution in [0.5, 0.6) is 0 Å². The quantitative estimate of drug-likeness (QED) is 0.421. The minimum absolute atomic E-state index is 0.0245. The Morgan fingerprint density at radius 2 is 1.84 bits per heavy atom. The summed E-state index contributed by atoms with van der Waals surface area (Å²) in [6.07, 6.45) is 8.54. The van der Waals surface area contributed by atoms with Crippen LogP contribution in [-0.4, -0.2) is 41.3 Å². The summed E-state index contributed by atoms with van der Waals surface area (Å²) in [4.78, 5) is 22.7. The third kappa shape index (κ3) is 5.22. The van der Waals surface area contributed by atoms with Crippen LogP contribution in [0.25, 0.3) is 5.57 Å². The maximum atomic E-state index is 13.1. The van der Waals surface area contributed by atoms with Crippen LogP contribution in [0.4, 0.5) is 11.5 Å². The molecule has 0 radical (unpaired) electrons. The largest absolute Gasteiger partial charge is 0.377 e. The zero-order valence-corrected chi connectivity index (χ0v) is 21.9. The number of amides is 1. The minimum Gasteiger partial charge on any atom is -0.377 e. The van der Waals surface area contributed by atoms with Gasteiger partial charge in [-0.25, -0.2) is 15.0 Å². The standard InChI is InChI=1S/C30H30ClN5O2/c31-24-12-10-21(11-13-24)27-25(20-6-2-1-3-7-20)19-36(35-27)29-26(33-30(37)23-8-4-5-9-23)18-32-28(34-29)22-14-16-38-17-15-22/h1-3,6-7,10-14,18,23,25H,4-5,8-9,15-17,19H2,(H,33,37). The monoisotopic (exact) mass is 527 g/mol. The predicted molar refractivity (Wildman–Crippen MR) is 151 cm³/mol. The number of benzene rings is 2. The molecule has 1 unspecified atom stereocenters. The summed E-state index contributed by atoms with van der Waals surface area (Å²) in [5.74, 6) is 1.35. The van der Waals surface area contributed by atoms with Gasteiger partial charge in [-0.15, -0.1) is 0 Å². The zero-order valence-electron chi connectivity index (χ0n) is 21.1. The van der Waals surface area contributed by atoms with E-state index in [4.69, 9.17) is 26.4 Å². The zero-order chi connectivity index (χ0) is 25.9. The van der Waals surface area contributed by atoms with Crippen LogP contribution in [0.1, 0.15) is 55.0 Å². The van der Waals surface area contributed by atoms with Crippen molar-refractivity contribution in [3.63, 3.8) is 0 Å². The van der Waals surface area contributed by atoms with Gasteiger partial charge in [0.25, 0.3) is 0 Å². The van der Waals surface area contributed by atoms with Gasteiger partial charge < -0.3 is 10.1 Å². The number of halogens is 1. The van der Waals surface area contributed by atoms with Gasteiger partial charge in [-0.3, -0.25) is 4.79 Å². The van der Waals surface area contributed by atoms with Crippen LogP contribution in [0, 0.1) is 5.92 Å². The average Bonchev–Trinajstić information content (AvgIpc) is 3.66. The summed E-state index contributed by atoms with van der Waals surface area (Å²) in [5.41, 5.74) is 4.75. The third-order valence-electron chi connectivity index (χ3n) is 7.50. The highest BCUT2D eigenvalue weighted by molar-refractivity contribution is 6.30. The molecule has 0 spiro atoms. The van der Waals surface area contributed by atoms with Crippen molar-refractivity contribution in [2.75, 3.05) is 30.1 Å². The molecule has 1 saturated carbocycles. The van der Waals surface area contributed by atoms with Gasteiger partial charge in [0.15, 0.2) is 11.6 Å². The molecule has 6 rings (SSSR count). The number of hydrogen-bond acceptors (Lipinski definition) is 6. The molecular weight excluding hydrogens is 498 g/mol. The molecule has 3 aromatic rings. The number of hydrogen-bond donors (Lipinski definition) is 1. The molecular formula is C30H30ClN5O2. The van der Waals surface area contributed by atoms with Gasteiger partial charge >= 0.3 is 0 Å². The number of nitrogens with one attached hydrogen (secondary N) is 1. The van der Waals surface area contributed by atoms with Gasteiger partial charge in [-0.2, -0.15) is 5.10 Å². The van der Waals surface area contributed by atoms with Crippen molar-refractivity contribution < 1.29 is 9.53 Å². The van der Waals surface area contributed by atoms with Crippen LogP contribution < -0.4 is 10.3 Å². The van der Waals surface area contributed by atoms with Crippen molar-refractivity contribution in [3.05, 3.63) is 88.8 Å². The van der Waals surface area contributed by atoms with Crippen molar-refractivity contribution in [2.24, 2.45) is 11.0 Å². The highest BCUT2D eigenvalue weighted by Crippen LogP contribution is 2.36. The lowest BCUT2D eigenvalue weighted by atomic mass is 9.91. The number of nitrogens with zero attached hydrogens (tertiary/aromatic N) is 4. The number of aromatic nitrogens is 2. The highest BCUT2D eigenvalue weighted by atomic mass is 35.5. The average molecular weight is 528 g/mol. The van der Waals surface area contributed by atoms with Gasteiger partial charge in [0, 0.05) is 16.9 Å². The first kappa shape index (κ1) is 24.8. The molecule has 0 bridgehead atoms. The maximum absolute atomic E-state index is 13.1. The molecule has 1 aliphatic carbocycles. The Bertz CT molecular complexity index is 1370. The molecule has 194 valence electrons. The topological polar surface area (TPSA) is 79.7 Å². The lowest BCUT2D eigenvalue weighted by Crippen LogP contribution is -2.25. The number of carbonyl (C=O) groups is 1. The van der Waals surface area contributed by atoms with Gasteiger partial charge in [-0.05, 0) is 48.1 Å². The van der Waals surface area contributed by atoms with Crippen LogP contribution in [0.15, 0.2) is 72.0 Å². The van der Waals surface area contributed by atoms with Crippen molar-refractivity contribution in [1.82, 2.24) is 9.97 Å². The van der Waals surface area contributed by atoms with E-state index in [0.29, 0.717) is 42.1 Å². The van der Waals surface area contributed by atoms with E-state index in [1.54, 1.807) is 6.20 Å². The smallest absolute Gasteiger partial charge is 0.227 e. The molecule has 2 aromatic carbocycles. The van der Waals surface area contributed by atoms with Crippen LogP contribution >= 0.6 is 11.6 Å². The Morgan fingerprint density at radius 1 is 1.05 bits per heavy atom. The molecule has 0 saturated heterocycles. The summed E-state index contributed by atoms with van der Waals surface area (Å²) >= 11 is 6.19. The van der Waals surface area contributed by atoms with Gasteiger partial charge in [-0.1, -0.05) is 73.0 Å². The second-order valence-corrected chi connectivity index (χ2v) is 10.4. The van der Waals surface area contributed by atoms with Crippen molar-refractivity contribution in [2.45, 2.75) is 38.0 Å². The summed E-state index contributed by atoms with van der Waals surface area (Å²) in [5, 5.41) is 10.8. The maximum Gasteiger partial charge on any atom is 0.227 e. The predicted octanol–water partition coefficient (Wildman–Crippen LogP) is 6.07. The van der Waals surface area contributed by atoms with Gasteiger partial charge in [0.05, 0.1) is 31.7 Å². The number of anilines is 2. The number of ether oxygens (including phenoxy) is 1. The third-order valence-corrected chi connectivity index (χ3v) is 7.76. The minimum atomic E-state index is 0.0245. The summed E-state index contributed by atoms with van der Waals surface area (Å²) in [7, 11) is 0. The van der Waals surface area contributed by atoms with E-state index in [9.17, 15) is 4.79 Å². The fourth-order valence-corrected chi connectivity index (χ4v) is 5.55. The molecule has 3 heterocycles. The van der Waals surface area contributed by atoms with Crippen molar-refractivity contribution in [3.8, 4) is 0 Å². The lowest BCUT2D eigenvalue weighted by Gasteiger charge is -2.21. The van der Waals surface area contributed by atoms with Gasteiger partial charge in [0.1, 0.15) is 5.69 Å². The highest BCUT2D eigenvalue weighted by Gasteiger charge is 2.33. The summed E-state index contributed by atoms with van der Waals surface area (Å²) in [6, 6.07) is 18.1. The molecule has 1 N–H and O–H groups in total. The summed E-state index contributed by atoms with van der Waals surface area (Å²) in [6.45, 7) is 1.78. The Hall–Kier alpha value is -3.55. The lowest BCUT2D eigenvalue weighted by molar-refractivity contribution is -0.119. The van der Waals surface area contributed by atoms with E-state index in [1.807, 2.05) is 53.5 Å². The first-order chi connectivity index (χ1) is 18.7. The SMILES string of the molecule is O=C(Nc1cnc(C2=CCOCC2)nc1N1CC(c2ccccc2)C(c2ccc(Cl)cc2)=N1)C1CCCC1. The van der Waals surface area contributed by atoms with E-state index < -0.39 is 0 Å². The van der Waals surface area contributed by atoms with Crippen LogP contribution in [-0.2, 0) is 9.53 Å². The van der Waals surface area contributed by atoms with E-state index in [2.05, 4.69) is 22.4 Å². The molecule has 2 aliphatic heterocycles. The fourth-order valence-electron chi connectivity index (χ4n) is 5.43. The van der Waals surface area contributed by atoms with Crippen LogP contribution in [0.3, 0.4) is 0 Å².